The van der Waals surface area contributed by atoms with Gasteiger partial charge in [0.25, 0.3) is 0 Å². The van der Waals surface area contributed by atoms with E-state index in [9.17, 15) is 0 Å². The van der Waals surface area contributed by atoms with Crippen LogP contribution in [0, 0.1) is 6.92 Å². The van der Waals surface area contributed by atoms with Crippen LogP contribution in [0.1, 0.15) is 32.0 Å². The van der Waals surface area contributed by atoms with Gasteiger partial charge in [0, 0.05) is 24.0 Å². The monoisotopic (exact) mass is 243 g/mol. The van der Waals surface area contributed by atoms with Crippen LogP contribution in [0.3, 0.4) is 0 Å². The summed E-state index contributed by atoms with van der Waals surface area (Å²) < 4.78 is 2.12. The number of imidazole rings is 1. The van der Waals surface area contributed by atoms with Crippen molar-refractivity contribution in [1.29, 1.82) is 0 Å². The molecule has 0 fully saturated rings. The zero-order chi connectivity index (χ0) is 13.2. The highest BCUT2D eigenvalue weighted by Gasteiger charge is 2.11. The summed E-state index contributed by atoms with van der Waals surface area (Å²) in [6, 6.07) is 8.49. The van der Waals surface area contributed by atoms with Gasteiger partial charge in [-0.15, -0.1) is 0 Å². The van der Waals surface area contributed by atoms with Crippen LogP contribution in [-0.4, -0.2) is 15.1 Å². The molecule has 0 aliphatic heterocycles. The van der Waals surface area contributed by atoms with Gasteiger partial charge in [0.05, 0.1) is 12.0 Å². The number of hydrogen-bond acceptors (Lipinski definition) is 2. The first-order valence-electron chi connectivity index (χ1n) is 6.29. The normalized spacial score (nSPS) is 11.8. The molecule has 18 heavy (non-hydrogen) atoms. The summed E-state index contributed by atoms with van der Waals surface area (Å²) >= 11 is 0. The lowest BCUT2D eigenvalue weighted by atomic mass is 10.1. The van der Waals surface area contributed by atoms with Gasteiger partial charge in [-0.3, -0.25) is 0 Å². The quantitative estimate of drug-likeness (QED) is 0.898. The minimum absolute atomic E-state index is 0.113. The van der Waals surface area contributed by atoms with E-state index in [-0.39, 0.29) is 5.54 Å². The van der Waals surface area contributed by atoms with Crippen molar-refractivity contribution in [2.24, 2.45) is 0 Å². The predicted octanol–water partition coefficient (Wildman–Crippen LogP) is 3.07. The van der Waals surface area contributed by atoms with Crippen LogP contribution in [0.4, 0.5) is 0 Å². The highest BCUT2D eigenvalue weighted by atomic mass is 15.1. The number of nitrogens with one attached hydrogen (secondary N) is 1. The van der Waals surface area contributed by atoms with Crippen molar-refractivity contribution in [2.75, 3.05) is 0 Å². The van der Waals surface area contributed by atoms with E-state index in [1.54, 1.807) is 0 Å². The van der Waals surface area contributed by atoms with Crippen molar-refractivity contribution in [2.45, 2.75) is 39.8 Å². The molecule has 0 radical (unpaired) electrons. The van der Waals surface area contributed by atoms with Gasteiger partial charge in [-0.2, -0.15) is 0 Å². The molecule has 1 aromatic carbocycles. The molecule has 2 aromatic rings. The Morgan fingerprint density at radius 2 is 1.83 bits per heavy atom. The summed E-state index contributed by atoms with van der Waals surface area (Å²) in [4.78, 5) is 4.24. The molecule has 1 aromatic heterocycles. The molecule has 0 spiro atoms. The van der Waals surface area contributed by atoms with Gasteiger partial charge >= 0.3 is 0 Å². The third-order valence-electron chi connectivity index (χ3n) is 2.83. The van der Waals surface area contributed by atoms with Crippen molar-refractivity contribution >= 4 is 0 Å². The molecule has 0 unspecified atom stereocenters. The van der Waals surface area contributed by atoms with E-state index >= 15 is 0 Å². The van der Waals surface area contributed by atoms with E-state index in [1.165, 1.54) is 11.3 Å². The number of nitrogens with zero attached hydrogens (tertiary/aromatic N) is 2. The topological polar surface area (TPSA) is 29.9 Å². The van der Waals surface area contributed by atoms with Gasteiger partial charge in [0.15, 0.2) is 0 Å². The van der Waals surface area contributed by atoms with E-state index in [0.717, 1.165) is 12.2 Å². The smallest absolute Gasteiger partial charge is 0.0994 e. The zero-order valence-corrected chi connectivity index (χ0v) is 11.6. The van der Waals surface area contributed by atoms with Gasteiger partial charge in [-0.25, -0.2) is 4.98 Å². The van der Waals surface area contributed by atoms with Crippen LogP contribution in [0.25, 0.3) is 5.69 Å². The van der Waals surface area contributed by atoms with Gasteiger partial charge in [-0.1, -0.05) is 17.7 Å². The maximum atomic E-state index is 4.24. The summed E-state index contributed by atoms with van der Waals surface area (Å²) in [6.07, 6.45) is 3.78. The molecule has 0 amide bonds. The van der Waals surface area contributed by atoms with Crippen LogP contribution < -0.4 is 5.32 Å². The Kier molecular flexibility index (Phi) is 3.53. The minimum atomic E-state index is 0.113. The molecule has 3 nitrogen and oxygen atoms in total. The number of aryl methyl sites for hydroxylation is 1. The maximum Gasteiger partial charge on any atom is 0.0994 e. The SMILES string of the molecule is Cc1ccc(-n2cncc2CNC(C)(C)C)cc1. The second-order valence-corrected chi connectivity index (χ2v) is 5.69. The van der Waals surface area contributed by atoms with Crippen molar-refractivity contribution in [3.05, 3.63) is 48.0 Å². The summed E-state index contributed by atoms with van der Waals surface area (Å²) in [5.41, 5.74) is 3.72. The highest BCUT2D eigenvalue weighted by Crippen LogP contribution is 2.13. The van der Waals surface area contributed by atoms with Crippen LogP contribution in [0.5, 0.6) is 0 Å². The highest BCUT2D eigenvalue weighted by molar-refractivity contribution is 5.35. The average Bonchev–Trinajstić information content (AvgIpc) is 2.75. The fraction of sp³-hybridized carbons (Fsp3) is 0.400. The summed E-state index contributed by atoms with van der Waals surface area (Å²) in [7, 11) is 0. The molecule has 2 rings (SSSR count). The Morgan fingerprint density at radius 1 is 1.17 bits per heavy atom. The van der Waals surface area contributed by atoms with E-state index in [4.69, 9.17) is 0 Å². The Labute approximate surface area is 109 Å². The molecule has 1 N–H and O–H groups in total. The Balaban J connectivity index is 2.20. The van der Waals surface area contributed by atoms with Crippen molar-refractivity contribution < 1.29 is 0 Å². The van der Waals surface area contributed by atoms with E-state index in [2.05, 4.69) is 66.8 Å². The van der Waals surface area contributed by atoms with Crippen molar-refractivity contribution in [3.8, 4) is 5.69 Å². The molecule has 0 saturated heterocycles. The second kappa shape index (κ2) is 4.94. The molecular formula is C15H21N3. The number of rotatable bonds is 3. The lowest BCUT2D eigenvalue weighted by Crippen LogP contribution is -2.35. The first-order chi connectivity index (χ1) is 8.46. The van der Waals surface area contributed by atoms with Gasteiger partial charge in [0.1, 0.15) is 0 Å². The Hall–Kier alpha value is -1.61. The summed E-state index contributed by atoms with van der Waals surface area (Å²) in [5.74, 6) is 0. The minimum Gasteiger partial charge on any atom is -0.306 e. The number of aromatic nitrogens is 2. The largest absolute Gasteiger partial charge is 0.306 e. The summed E-state index contributed by atoms with van der Waals surface area (Å²) in [6.45, 7) is 9.41. The fourth-order valence-electron chi connectivity index (χ4n) is 1.75. The van der Waals surface area contributed by atoms with Crippen molar-refractivity contribution in [3.63, 3.8) is 0 Å². The van der Waals surface area contributed by atoms with Crippen molar-refractivity contribution in [1.82, 2.24) is 14.9 Å². The molecule has 96 valence electrons. The average molecular weight is 243 g/mol. The van der Waals surface area contributed by atoms with E-state index in [1.807, 2.05) is 12.5 Å². The van der Waals surface area contributed by atoms with E-state index < -0.39 is 0 Å². The molecule has 3 heteroatoms. The van der Waals surface area contributed by atoms with Gasteiger partial charge in [0.2, 0.25) is 0 Å². The van der Waals surface area contributed by atoms with Gasteiger partial charge < -0.3 is 9.88 Å². The van der Waals surface area contributed by atoms with Crippen LogP contribution in [-0.2, 0) is 6.54 Å². The Bertz CT molecular complexity index is 503. The standard InChI is InChI=1S/C15H21N3/c1-12-5-7-13(8-6-12)18-11-16-9-14(18)10-17-15(2,3)4/h5-9,11,17H,10H2,1-4H3. The third kappa shape index (κ3) is 3.20. The van der Waals surface area contributed by atoms with E-state index in [0.29, 0.717) is 0 Å². The molecular weight excluding hydrogens is 222 g/mol. The first-order valence-corrected chi connectivity index (χ1v) is 6.29. The molecule has 0 saturated carbocycles. The Morgan fingerprint density at radius 3 is 2.44 bits per heavy atom. The zero-order valence-electron chi connectivity index (χ0n) is 11.6. The summed E-state index contributed by atoms with van der Waals surface area (Å²) in [5, 5.41) is 3.48. The lowest BCUT2D eigenvalue weighted by molar-refractivity contribution is 0.419. The molecule has 0 bridgehead atoms. The van der Waals surface area contributed by atoms with Crippen LogP contribution in [0.2, 0.25) is 0 Å². The van der Waals surface area contributed by atoms with Gasteiger partial charge in [-0.05, 0) is 39.8 Å². The third-order valence-corrected chi connectivity index (χ3v) is 2.83. The number of hydrogen-bond donors (Lipinski definition) is 1. The van der Waals surface area contributed by atoms with Crippen LogP contribution in [0.15, 0.2) is 36.8 Å². The molecule has 0 aliphatic rings. The second-order valence-electron chi connectivity index (χ2n) is 5.69. The maximum absolute atomic E-state index is 4.24. The predicted molar refractivity (Wildman–Crippen MR) is 74.9 cm³/mol. The fourth-order valence-corrected chi connectivity index (χ4v) is 1.75. The molecule has 0 aliphatic carbocycles. The van der Waals surface area contributed by atoms with Crippen LogP contribution >= 0.6 is 0 Å². The molecule has 1 heterocycles. The molecule has 0 atom stereocenters. The number of benzene rings is 1. The first kappa shape index (κ1) is 12.8. The lowest BCUT2D eigenvalue weighted by Gasteiger charge is -2.21.